The van der Waals surface area contributed by atoms with Gasteiger partial charge in [0, 0.05) is 17.7 Å². The average Bonchev–Trinajstić information content (AvgIpc) is 3.29. The summed E-state index contributed by atoms with van der Waals surface area (Å²) in [5.41, 5.74) is 3.71. The molecule has 0 atom stereocenters. The maximum Gasteiger partial charge on any atom is 0.336 e. The van der Waals surface area contributed by atoms with Crippen molar-refractivity contribution in [2.75, 3.05) is 11.9 Å². The topological polar surface area (TPSA) is 117 Å². The van der Waals surface area contributed by atoms with Gasteiger partial charge in [-0.3, -0.25) is 0 Å². The Hall–Kier alpha value is -4.72. The fourth-order valence-electron chi connectivity index (χ4n) is 3.86. The standard InChI is InChI=1S/C26H20N4O4/c1-2-27-26(33)30-18-11-7-6-10-16(18)21-14-17(25(31)32)22-19(28-21)12-13-20-23(22)34-24(29-20)15-8-4-3-5-9-15/h3-14H,2H2,1H3,(H,31,32)(H2,27,30,33). The molecule has 5 aromatic rings. The number of carbonyl (C=O) groups is 2. The van der Waals surface area contributed by atoms with Crippen molar-refractivity contribution < 1.29 is 19.1 Å². The fourth-order valence-corrected chi connectivity index (χ4v) is 3.86. The Morgan fingerprint density at radius 1 is 0.941 bits per heavy atom. The van der Waals surface area contributed by atoms with E-state index in [1.807, 2.05) is 37.3 Å². The van der Waals surface area contributed by atoms with Crippen molar-refractivity contribution in [3.63, 3.8) is 0 Å². The number of carboxylic acids is 1. The van der Waals surface area contributed by atoms with Crippen LogP contribution in [0, 0.1) is 0 Å². The number of hydrogen-bond acceptors (Lipinski definition) is 5. The minimum absolute atomic E-state index is 0.0363. The molecule has 8 heteroatoms. The Labute approximate surface area is 194 Å². The van der Waals surface area contributed by atoms with Gasteiger partial charge in [-0.05, 0) is 43.3 Å². The molecule has 0 spiro atoms. The number of nitrogens with one attached hydrogen (secondary N) is 2. The summed E-state index contributed by atoms with van der Waals surface area (Å²) in [6, 6.07) is 21.1. The van der Waals surface area contributed by atoms with Gasteiger partial charge in [-0.1, -0.05) is 36.4 Å². The van der Waals surface area contributed by atoms with Crippen LogP contribution in [0.4, 0.5) is 10.5 Å². The molecule has 34 heavy (non-hydrogen) atoms. The van der Waals surface area contributed by atoms with Crippen molar-refractivity contribution in [1.29, 1.82) is 0 Å². The zero-order chi connectivity index (χ0) is 23.7. The zero-order valence-corrected chi connectivity index (χ0v) is 18.2. The molecule has 0 bridgehead atoms. The lowest BCUT2D eigenvalue weighted by Crippen LogP contribution is -2.28. The number of para-hydroxylation sites is 1. The van der Waals surface area contributed by atoms with Crippen molar-refractivity contribution in [2.24, 2.45) is 0 Å². The molecule has 0 saturated heterocycles. The number of anilines is 1. The van der Waals surface area contributed by atoms with E-state index in [9.17, 15) is 14.7 Å². The second-order valence-corrected chi connectivity index (χ2v) is 7.58. The maximum absolute atomic E-state index is 12.3. The number of fused-ring (bicyclic) bond motifs is 3. The molecular weight excluding hydrogens is 432 g/mol. The van der Waals surface area contributed by atoms with Gasteiger partial charge in [-0.2, -0.15) is 0 Å². The summed E-state index contributed by atoms with van der Waals surface area (Å²) < 4.78 is 6.03. The van der Waals surface area contributed by atoms with Crippen LogP contribution in [0.25, 0.3) is 44.7 Å². The molecule has 0 aliphatic heterocycles. The van der Waals surface area contributed by atoms with E-state index in [4.69, 9.17) is 9.40 Å². The molecule has 168 valence electrons. The third kappa shape index (κ3) is 3.81. The van der Waals surface area contributed by atoms with Gasteiger partial charge in [0.2, 0.25) is 5.89 Å². The number of carboxylic acid groups (broad SMARTS) is 1. The average molecular weight is 452 g/mol. The smallest absolute Gasteiger partial charge is 0.336 e. The predicted octanol–water partition coefficient (Wildman–Crippen LogP) is 5.55. The van der Waals surface area contributed by atoms with Crippen molar-refractivity contribution in [2.45, 2.75) is 6.92 Å². The van der Waals surface area contributed by atoms with Gasteiger partial charge in [-0.15, -0.1) is 0 Å². The maximum atomic E-state index is 12.3. The van der Waals surface area contributed by atoms with Crippen molar-refractivity contribution in [3.05, 3.63) is 78.4 Å². The SMILES string of the molecule is CCNC(=O)Nc1ccccc1-c1cc(C(=O)O)c2c(ccc3nc(-c4ccccc4)oc32)n1. The molecule has 5 rings (SSSR count). The van der Waals surface area contributed by atoms with E-state index in [0.717, 1.165) is 5.56 Å². The molecule has 2 aromatic heterocycles. The van der Waals surface area contributed by atoms with Crippen LogP contribution in [0.15, 0.2) is 77.2 Å². The van der Waals surface area contributed by atoms with E-state index in [-0.39, 0.29) is 11.6 Å². The van der Waals surface area contributed by atoms with Gasteiger partial charge in [0.25, 0.3) is 0 Å². The number of nitrogens with zero attached hydrogens (tertiary/aromatic N) is 2. The summed E-state index contributed by atoms with van der Waals surface area (Å²) in [5.74, 6) is -0.715. The molecule has 0 aliphatic carbocycles. The summed E-state index contributed by atoms with van der Waals surface area (Å²) in [6.45, 7) is 2.30. The Morgan fingerprint density at radius 2 is 1.68 bits per heavy atom. The molecule has 2 heterocycles. The highest BCUT2D eigenvalue weighted by Gasteiger charge is 2.20. The number of amides is 2. The summed E-state index contributed by atoms with van der Waals surface area (Å²) in [7, 11) is 0. The number of oxazole rings is 1. The van der Waals surface area contributed by atoms with Crippen molar-refractivity contribution >= 4 is 39.7 Å². The molecule has 0 fully saturated rings. The molecule has 8 nitrogen and oxygen atoms in total. The highest BCUT2D eigenvalue weighted by Crippen LogP contribution is 2.35. The summed E-state index contributed by atoms with van der Waals surface area (Å²) in [6.07, 6.45) is 0. The molecule has 0 aliphatic rings. The highest BCUT2D eigenvalue weighted by atomic mass is 16.4. The number of urea groups is 1. The molecule has 0 unspecified atom stereocenters. The molecule has 3 aromatic carbocycles. The van der Waals surface area contributed by atoms with E-state index in [1.165, 1.54) is 6.07 Å². The van der Waals surface area contributed by atoms with Gasteiger partial charge in [0.1, 0.15) is 5.52 Å². The molecular formula is C26H20N4O4. The summed E-state index contributed by atoms with van der Waals surface area (Å²) >= 11 is 0. The van der Waals surface area contributed by atoms with E-state index >= 15 is 0 Å². The van der Waals surface area contributed by atoms with Crippen LogP contribution in [0.3, 0.4) is 0 Å². The Kier molecular flexibility index (Phi) is 5.39. The second kappa shape index (κ2) is 8.67. The van der Waals surface area contributed by atoms with E-state index < -0.39 is 5.97 Å². The first-order valence-corrected chi connectivity index (χ1v) is 10.7. The fraction of sp³-hybridized carbons (Fsp3) is 0.0769. The lowest BCUT2D eigenvalue weighted by atomic mass is 10.0. The Morgan fingerprint density at radius 3 is 2.44 bits per heavy atom. The number of hydrogen-bond donors (Lipinski definition) is 3. The Balaban J connectivity index is 1.69. The van der Waals surface area contributed by atoms with Crippen LogP contribution in [-0.4, -0.2) is 33.6 Å². The zero-order valence-electron chi connectivity index (χ0n) is 18.2. The number of carbonyl (C=O) groups excluding carboxylic acids is 1. The van der Waals surface area contributed by atoms with Crippen LogP contribution >= 0.6 is 0 Å². The quantitative estimate of drug-likeness (QED) is 0.322. The number of rotatable bonds is 5. The van der Waals surface area contributed by atoms with Gasteiger partial charge in [0.15, 0.2) is 5.58 Å². The Bertz CT molecular complexity index is 1540. The van der Waals surface area contributed by atoms with Crippen molar-refractivity contribution in [3.8, 4) is 22.7 Å². The molecule has 0 saturated carbocycles. The lowest BCUT2D eigenvalue weighted by Gasteiger charge is -2.13. The first-order valence-electron chi connectivity index (χ1n) is 10.7. The molecule has 0 radical (unpaired) electrons. The van der Waals surface area contributed by atoms with Gasteiger partial charge >= 0.3 is 12.0 Å². The van der Waals surface area contributed by atoms with E-state index in [2.05, 4.69) is 15.6 Å². The number of benzene rings is 3. The van der Waals surface area contributed by atoms with Crippen LogP contribution in [-0.2, 0) is 0 Å². The van der Waals surface area contributed by atoms with Crippen LogP contribution in [0.1, 0.15) is 17.3 Å². The van der Waals surface area contributed by atoms with Crippen molar-refractivity contribution in [1.82, 2.24) is 15.3 Å². The minimum atomic E-state index is -1.12. The number of aromatic carboxylic acids is 1. The van der Waals surface area contributed by atoms with Crippen LogP contribution in [0.5, 0.6) is 0 Å². The van der Waals surface area contributed by atoms with E-state index in [1.54, 1.807) is 36.4 Å². The number of aromatic nitrogens is 2. The summed E-state index contributed by atoms with van der Waals surface area (Å²) in [5, 5.41) is 15.9. The third-order valence-electron chi connectivity index (χ3n) is 5.37. The highest BCUT2D eigenvalue weighted by molar-refractivity contribution is 6.13. The second-order valence-electron chi connectivity index (χ2n) is 7.58. The van der Waals surface area contributed by atoms with Crippen LogP contribution < -0.4 is 10.6 Å². The van der Waals surface area contributed by atoms with Gasteiger partial charge < -0.3 is 20.2 Å². The first kappa shape index (κ1) is 21.1. The largest absolute Gasteiger partial charge is 0.478 e. The minimum Gasteiger partial charge on any atom is -0.478 e. The van der Waals surface area contributed by atoms with Gasteiger partial charge in [-0.25, -0.2) is 19.6 Å². The first-order chi connectivity index (χ1) is 16.5. The molecule has 3 N–H and O–H groups in total. The lowest BCUT2D eigenvalue weighted by molar-refractivity contribution is 0.0699. The number of pyridine rings is 1. The van der Waals surface area contributed by atoms with Gasteiger partial charge in [0.05, 0.1) is 27.8 Å². The predicted molar refractivity (Wildman–Crippen MR) is 130 cm³/mol. The normalized spacial score (nSPS) is 11.0. The molecule has 2 amide bonds. The van der Waals surface area contributed by atoms with E-state index in [0.29, 0.717) is 51.4 Å². The summed E-state index contributed by atoms with van der Waals surface area (Å²) in [4.78, 5) is 33.6. The third-order valence-corrected chi connectivity index (χ3v) is 5.37. The van der Waals surface area contributed by atoms with Crippen LogP contribution in [0.2, 0.25) is 0 Å². The monoisotopic (exact) mass is 452 g/mol.